The molecule has 0 radical (unpaired) electrons. The van der Waals surface area contributed by atoms with Crippen molar-refractivity contribution < 1.29 is 4.42 Å². The maximum absolute atomic E-state index is 6.56. The monoisotopic (exact) mass is 620 g/mol. The first kappa shape index (κ1) is 28.3. The lowest BCUT2D eigenvalue weighted by Gasteiger charge is -2.12. The summed E-state index contributed by atoms with van der Waals surface area (Å²) in [6.07, 6.45) is 7.14. The number of para-hydroxylation sites is 1. The van der Waals surface area contributed by atoms with Crippen molar-refractivity contribution in [3.63, 3.8) is 0 Å². The molecule has 1 fully saturated rings. The van der Waals surface area contributed by atoms with Gasteiger partial charge in [0.15, 0.2) is 17.5 Å². The predicted octanol–water partition coefficient (Wildman–Crippen LogP) is 11.2. The summed E-state index contributed by atoms with van der Waals surface area (Å²) in [5.41, 5.74) is 9.89. The van der Waals surface area contributed by atoms with Gasteiger partial charge in [-0.1, -0.05) is 116 Å². The van der Waals surface area contributed by atoms with Gasteiger partial charge in [-0.25, -0.2) is 15.0 Å². The number of benzene rings is 5. The number of hydrogen-bond acceptors (Lipinski definition) is 5. The SMILES string of the molecule is c1ccc(-c2nc(-c3ccccc3)nc(-c3cc(-c4cccc(-c5ccc(C6CCCC6)nc5)c4)cc4c3oc3ccccc34)n2)cc1. The molecule has 0 atom stereocenters. The Labute approximate surface area is 279 Å². The maximum Gasteiger partial charge on any atom is 0.167 e. The molecule has 48 heavy (non-hydrogen) atoms. The molecule has 1 aliphatic carbocycles. The van der Waals surface area contributed by atoms with Crippen molar-refractivity contribution in [2.24, 2.45) is 0 Å². The van der Waals surface area contributed by atoms with Crippen LogP contribution >= 0.6 is 0 Å². The molecule has 0 saturated heterocycles. The second-order valence-corrected chi connectivity index (χ2v) is 12.6. The molecule has 0 amide bonds. The van der Waals surface area contributed by atoms with Gasteiger partial charge in [0.05, 0.1) is 5.56 Å². The predicted molar refractivity (Wildman–Crippen MR) is 193 cm³/mol. The van der Waals surface area contributed by atoms with Crippen molar-refractivity contribution in [2.45, 2.75) is 31.6 Å². The number of hydrogen-bond donors (Lipinski definition) is 0. The maximum atomic E-state index is 6.56. The molecule has 0 unspecified atom stereocenters. The summed E-state index contributed by atoms with van der Waals surface area (Å²) in [7, 11) is 0. The molecule has 0 aliphatic heterocycles. The fraction of sp³-hybridized carbons (Fsp3) is 0.116. The molecule has 5 nitrogen and oxygen atoms in total. The molecule has 0 spiro atoms. The van der Waals surface area contributed by atoms with E-state index in [1.165, 1.54) is 31.4 Å². The number of fused-ring (bicyclic) bond motifs is 3. The van der Waals surface area contributed by atoms with E-state index in [1.54, 1.807) is 0 Å². The van der Waals surface area contributed by atoms with Gasteiger partial charge in [0.1, 0.15) is 11.2 Å². The van der Waals surface area contributed by atoms with Crippen molar-refractivity contribution in [1.29, 1.82) is 0 Å². The molecule has 3 aromatic heterocycles. The van der Waals surface area contributed by atoms with E-state index in [-0.39, 0.29) is 0 Å². The molecular weight excluding hydrogens is 589 g/mol. The minimum Gasteiger partial charge on any atom is -0.455 e. The Hall–Kier alpha value is -5.94. The van der Waals surface area contributed by atoms with E-state index in [0.717, 1.165) is 60.9 Å². The van der Waals surface area contributed by atoms with Gasteiger partial charge < -0.3 is 4.42 Å². The van der Waals surface area contributed by atoms with E-state index in [1.807, 2.05) is 79.0 Å². The molecule has 5 heteroatoms. The summed E-state index contributed by atoms with van der Waals surface area (Å²) in [6.45, 7) is 0. The van der Waals surface area contributed by atoms with E-state index >= 15 is 0 Å². The van der Waals surface area contributed by atoms with E-state index in [9.17, 15) is 0 Å². The second kappa shape index (κ2) is 12.0. The first-order valence-electron chi connectivity index (χ1n) is 16.7. The summed E-state index contributed by atoms with van der Waals surface area (Å²) in [5.74, 6) is 2.39. The van der Waals surface area contributed by atoms with Gasteiger partial charge in [0.25, 0.3) is 0 Å². The Bertz CT molecular complexity index is 2340. The van der Waals surface area contributed by atoms with Gasteiger partial charge in [-0.05, 0) is 59.9 Å². The van der Waals surface area contributed by atoms with Gasteiger partial charge in [-0.2, -0.15) is 0 Å². The summed E-state index contributed by atoms with van der Waals surface area (Å²) >= 11 is 0. The van der Waals surface area contributed by atoms with E-state index in [2.05, 4.69) is 60.7 Å². The molecule has 1 saturated carbocycles. The molecule has 3 heterocycles. The highest BCUT2D eigenvalue weighted by Crippen LogP contribution is 2.40. The Morgan fingerprint density at radius 2 is 1.10 bits per heavy atom. The normalized spacial score (nSPS) is 13.4. The summed E-state index contributed by atoms with van der Waals surface area (Å²) < 4.78 is 6.56. The lowest BCUT2D eigenvalue weighted by molar-refractivity contribution is 0.669. The van der Waals surface area contributed by atoms with E-state index in [4.69, 9.17) is 24.4 Å². The van der Waals surface area contributed by atoms with Gasteiger partial charge in [-0.3, -0.25) is 4.98 Å². The number of pyridine rings is 1. The van der Waals surface area contributed by atoms with Crippen LogP contribution in [0.15, 0.2) is 144 Å². The van der Waals surface area contributed by atoms with Crippen LogP contribution in [0.1, 0.15) is 37.3 Å². The molecule has 0 bridgehead atoms. The van der Waals surface area contributed by atoms with Crippen molar-refractivity contribution in [3.8, 4) is 56.4 Å². The zero-order valence-corrected chi connectivity index (χ0v) is 26.4. The summed E-state index contributed by atoms with van der Waals surface area (Å²) in [4.78, 5) is 20.0. The Morgan fingerprint density at radius 3 is 1.79 bits per heavy atom. The van der Waals surface area contributed by atoms with Crippen molar-refractivity contribution in [2.75, 3.05) is 0 Å². The highest BCUT2D eigenvalue weighted by atomic mass is 16.3. The van der Waals surface area contributed by atoms with Crippen LogP contribution in [-0.2, 0) is 0 Å². The van der Waals surface area contributed by atoms with Gasteiger partial charge in [-0.15, -0.1) is 0 Å². The minimum absolute atomic E-state index is 0.566. The topological polar surface area (TPSA) is 64.7 Å². The van der Waals surface area contributed by atoms with Crippen LogP contribution < -0.4 is 0 Å². The average molecular weight is 621 g/mol. The molecule has 230 valence electrons. The molecule has 0 N–H and O–H groups in total. The third-order valence-electron chi connectivity index (χ3n) is 9.51. The quantitative estimate of drug-likeness (QED) is 0.185. The Kier molecular flexibility index (Phi) is 7.08. The van der Waals surface area contributed by atoms with Crippen LogP contribution in [-0.4, -0.2) is 19.9 Å². The zero-order chi connectivity index (χ0) is 31.9. The van der Waals surface area contributed by atoms with Crippen LogP contribution in [0.5, 0.6) is 0 Å². The van der Waals surface area contributed by atoms with Crippen molar-refractivity contribution >= 4 is 21.9 Å². The summed E-state index contributed by atoms with van der Waals surface area (Å²) in [5, 5.41) is 2.08. The number of nitrogens with zero attached hydrogens (tertiary/aromatic N) is 4. The average Bonchev–Trinajstić information content (AvgIpc) is 3.84. The second-order valence-electron chi connectivity index (χ2n) is 12.6. The highest BCUT2D eigenvalue weighted by molar-refractivity contribution is 6.11. The fourth-order valence-corrected chi connectivity index (χ4v) is 7.01. The fourth-order valence-electron chi connectivity index (χ4n) is 7.01. The number of rotatable bonds is 6. The Morgan fingerprint density at radius 1 is 0.479 bits per heavy atom. The molecule has 9 rings (SSSR count). The first-order chi connectivity index (χ1) is 23.8. The lowest BCUT2D eigenvalue weighted by Crippen LogP contribution is -2.00. The smallest absolute Gasteiger partial charge is 0.167 e. The van der Waals surface area contributed by atoms with Gasteiger partial charge in [0, 0.05) is 45.3 Å². The van der Waals surface area contributed by atoms with Crippen LogP contribution in [0.2, 0.25) is 0 Å². The van der Waals surface area contributed by atoms with Gasteiger partial charge in [0.2, 0.25) is 0 Å². The highest BCUT2D eigenvalue weighted by Gasteiger charge is 2.21. The zero-order valence-electron chi connectivity index (χ0n) is 26.4. The van der Waals surface area contributed by atoms with E-state index in [0.29, 0.717) is 23.4 Å². The number of furan rings is 1. The van der Waals surface area contributed by atoms with Crippen LogP contribution in [0.25, 0.3) is 78.4 Å². The standard InChI is InChI=1S/C43H32N4O/c1-3-14-29(15-4-1)41-45-42(30-16-5-2-6-17-30)47-43(46-41)37-26-34(25-36-35-20-9-10-21-39(35)48-40(36)37)32-19-11-18-31(24-32)33-22-23-38(44-27-33)28-12-7-8-13-28/h1-6,9-11,14-28H,7-8,12-13H2. The molecular formula is C43H32N4O. The Balaban J connectivity index is 1.22. The largest absolute Gasteiger partial charge is 0.455 e. The third-order valence-corrected chi connectivity index (χ3v) is 9.51. The third kappa shape index (κ3) is 5.23. The van der Waals surface area contributed by atoms with E-state index < -0.39 is 0 Å². The summed E-state index contributed by atoms with van der Waals surface area (Å²) in [6, 6.07) is 45.8. The molecule has 5 aromatic carbocycles. The molecule has 8 aromatic rings. The van der Waals surface area contributed by atoms with Crippen LogP contribution in [0, 0.1) is 0 Å². The molecule has 1 aliphatic rings. The first-order valence-corrected chi connectivity index (χ1v) is 16.7. The van der Waals surface area contributed by atoms with Crippen LogP contribution in [0.4, 0.5) is 0 Å². The van der Waals surface area contributed by atoms with Gasteiger partial charge >= 0.3 is 0 Å². The van der Waals surface area contributed by atoms with Crippen molar-refractivity contribution in [3.05, 3.63) is 145 Å². The van der Waals surface area contributed by atoms with Crippen molar-refractivity contribution in [1.82, 2.24) is 19.9 Å². The number of aromatic nitrogens is 4. The van der Waals surface area contributed by atoms with Crippen LogP contribution in [0.3, 0.4) is 0 Å². The lowest BCUT2D eigenvalue weighted by atomic mass is 9.95. The minimum atomic E-state index is 0.566.